The highest BCUT2D eigenvalue weighted by molar-refractivity contribution is 5.93. The summed E-state index contributed by atoms with van der Waals surface area (Å²) in [5.74, 6) is 0.434. The van der Waals surface area contributed by atoms with Gasteiger partial charge in [0.25, 0.3) is 0 Å². The maximum absolute atomic E-state index is 12.9. The molecule has 0 aliphatic carbocycles. The van der Waals surface area contributed by atoms with E-state index >= 15 is 0 Å². The van der Waals surface area contributed by atoms with E-state index in [4.69, 9.17) is 0 Å². The molecule has 0 aromatic carbocycles. The number of aromatic nitrogens is 3. The second-order valence-electron chi connectivity index (χ2n) is 6.73. The third-order valence-corrected chi connectivity index (χ3v) is 4.43. The first kappa shape index (κ1) is 19.7. The smallest absolute Gasteiger partial charge is 0.347 e. The molecule has 0 bridgehead atoms. The summed E-state index contributed by atoms with van der Waals surface area (Å²) in [6.45, 7) is 3.29. The van der Waals surface area contributed by atoms with Gasteiger partial charge in [0.15, 0.2) is 0 Å². The summed E-state index contributed by atoms with van der Waals surface area (Å²) < 4.78 is 40.6. The van der Waals surface area contributed by atoms with Crippen LogP contribution in [-0.2, 0) is 17.5 Å². The van der Waals surface area contributed by atoms with E-state index in [9.17, 15) is 18.0 Å². The lowest BCUT2D eigenvalue weighted by molar-refractivity contribution is -0.141. The topological polar surface area (TPSA) is 63.1 Å². The number of carbonyl (C=O) groups excluding carboxylic acids is 1. The number of aryl methyl sites for hydroxylation is 2. The Kier molecular flexibility index (Phi) is 5.01. The van der Waals surface area contributed by atoms with Gasteiger partial charge in [-0.15, -0.1) is 0 Å². The summed E-state index contributed by atoms with van der Waals surface area (Å²) >= 11 is 0. The molecule has 0 aliphatic heterocycles. The summed E-state index contributed by atoms with van der Waals surface area (Å²) in [6, 6.07) is 4.61. The second-order valence-corrected chi connectivity index (χ2v) is 6.73. The van der Waals surface area contributed by atoms with Gasteiger partial charge in [0, 0.05) is 31.9 Å². The zero-order chi connectivity index (χ0) is 20.6. The van der Waals surface area contributed by atoms with Gasteiger partial charge in [0.1, 0.15) is 18.1 Å². The number of fused-ring (bicyclic) bond motifs is 1. The van der Waals surface area contributed by atoms with E-state index in [0.29, 0.717) is 17.1 Å². The van der Waals surface area contributed by atoms with Crippen molar-refractivity contribution in [2.75, 3.05) is 19.4 Å². The monoisotopic (exact) mass is 391 g/mol. The molecule has 0 unspecified atom stereocenters. The minimum atomic E-state index is -4.50. The molecule has 0 fully saturated rings. The number of amides is 1. The number of likely N-dealkylation sites (N-methyl/N-ethyl adjacent to an activating group) is 1. The molecule has 0 spiro atoms. The van der Waals surface area contributed by atoms with Crippen LogP contribution in [0.3, 0.4) is 0 Å². The standard InChI is InChI=1S/C19H20F3N5O/c1-11-9-15(19(20,21)22)24-12(2)17(11)25-18-13-6-8-27(10-16(28)26(3)4)14(13)5-7-23-18/h5-9H,10H2,1-4H3,(H,23,25). The SMILES string of the molecule is Cc1cc(C(F)(F)F)nc(C)c1Nc1nccc2c1ccn2CC(=O)N(C)C. The molecule has 3 aromatic heterocycles. The van der Waals surface area contributed by atoms with Gasteiger partial charge in [-0.25, -0.2) is 9.97 Å². The molecule has 3 aromatic rings. The molecule has 28 heavy (non-hydrogen) atoms. The third kappa shape index (κ3) is 3.78. The maximum Gasteiger partial charge on any atom is 0.433 e. The van der Waals surface area contributed by atoms with E-state index in [1.807, 2.05) is 6.07 Å². The number of alkyl halides is 3. The van der Waals surface area contributed by atoms with Crippen LogP contribution in [0.5, 0.6) is 0 Å². The number of anilines is 2. The van der Waals surface area contributed by atoms with Gasteiger partial charge in [-0.1, -0.05) is 0 Å². The predicted octanol–water partition coefficient (Wildman–Crippen LogP) is 3.90. The van der Waals surface area contributed by atoms with Crippen molar-refractivity contribution >= 4 is 28.3 Å². The van der Waals surface area contributed by atoms with Crippen LogP contribution in [0.15, 0.2) is 30.6 Å². The molecule has 1 N–H and O–H groups in total. The Labute approximate surface area is 160 Å². The van der Waals surface area contributed by atoms with Crippen LogP contribution in [0.4, 0.5) is 24.7 Å². The number of hydrogen-bond acceptors (Lipinski definition) is 4. The Morgan fingerprint density at radius 2 is 1.96 bits per heavy atom. The number of rotatable bonds is 4. The lowest BCUT2D eigenvalue weighted by Crippen LogP contribution is -2.25. The van der Waals surface area contributed by atoms with Gasteiger partial charge in [0.05, 0.1) is 16.9 Å². The molecule has 3 rings (SSSR count). The van der Waals surface area contributed by atoms with Crippen molar-refractivity contribution < 1.29 is 18.0 Å². The summed E-state index contributed by atoms with van der Waals surface area (Å²) in [7, 11) is 3.37. The molecule has 3 heterocycles. The molecule has 6 nitrogen and oxygen atoms in total. The van der Waals surface area contributed by atoms with Gasteiger partial charge in [-0.05, 0) is 37.6 Å². The van der Waals surface area contributed by atoms with Crippen LogP contribution in [-0.4, -0.2) is 39.4 Å². The molecule has 0 saturated heterocycles. The van der Waals surface area contributed by atoms with Gasteiger partial charge >= 0.3 is 6.18 Å². The highest BCUT2D eigenvalue weighted by Gasteiger charge is 2.33. The summed E-state index contributed by atoms with van der Waals surface area (Å²) in [6.07, 6.45) is -1.13. The van der Waals surface area contributed by atoms with Crippen LogP contribution >= 0.6 is 0 Å². The first-order valence-electron chi connectivity index (χ1n) is 8.54. The molecule has 0 saturated carbocycles. The third-order valence-electron chi connectivity index (χ3n) is 4.43. The zero-order valence-corrected chi connectivity index (χ0v) is 15.9. The van der Waals surface area contributed by atoms with E-state index in [0.717, 1.165) is 17.0 Å². The number of hydrogen-bond donors (Lipinski definition) is 1. The van der Waals surface area contributed by atoms with E-state index in [1.54, 1.807) is 44.0 Å². The Morgan fingerprint density at radius 1 is 1.25 bits per heavy atom. The van der Waals surface area contributed by atoms with Crippen LogP contribution in [0, 0.1) is 13.8 Å². The average molecular weight is 391 g/mol. The van der Waals surface area contributed by atoms with Crippen molar-refractivity contribution in [3.63, 3.8) is 0 Å². The van der Waals surface area contributed by atoms with E-state index in [2.05, 4.69) is 15.3 Å². The zero-order valence-electron chi connectivity index (χ0n) is 15.9. The molecule has 9 heteroatoms. The largest absolute Gasteiger partial charge is 0.433 e. The normalized spacial score (nSPS) is 11.7. The molecule has 0 radical (unpaired) electrons. The van der Waals surface area contributed by atoms with E-state index in [1.165, 1.54) is 11.8 Å². The van der Waals surface area contributed by atoms with Crippen LogP contribution < -0.4 is 5.32 Å². The van der Waals surface area contributed by atoms with Crippen molar-refractivity contribution in [1.82, 2.24) is 19.4 Å². The van der Waals surface area contributed by atoms with Crippen LogP contribution in [0.2, 0.25) is 0 Å². The molecular formula is C19H20F3N5O. The Hall–Kier alpha value is -3.10. The Morgan fingerprint density at radius 3 is 2.57 bits per heavy atom. The fourth-order valence-corrected chi connectivity index (χ4v) is 2.93. The molecule has 1 amide bonds. The lowest BCUT2D eigenvalue weighted by Gasteiger charge is -2.15. The van der Waals surface area contributed by atoms with Crippen molar-refractivity contribution in [3.8, 4) is 0 Å². The number of nitrogens with zero attached hydrogens (tertiary/aromatic N) is 4. The van der Waals surface area contributed by atoms with Gasteiger partial charge in [-0.3, -0.25) is 4.79 Å². The quantitative estimate of drug-likeness (QED) is 0.733. The summed E-state index contributed by atoms with van der Waals surface area (Å²) in [5, 5.41) is 3.86. The van der Waals surface area contributed by atoms with Crippen LogP contribution in [0.25, 0.3) is 10.9 Å². The number of pyridine rings is 2. The highest BCUT2D eigenvalue weighted by Crippen LogP contribution is 2.33. The first-order valence-corrected chi connectivity index (χ1v) is 8.54. The first-order chi connectivity index (χ1) is 13.1. The molecular weight excluding hydrogens is 371 g/mol. The van der Waals surface area contributed by atoms with Crippen molar-refractivity contribution in [3.05, 3.63) is 47.5 Å². The predicted molar refractivity (Wildman–Crippen MR) is 100 cm³/mol. The molecule has 0 atom stereocenters. The average Bonchev–Trinajstić information content (AvgIpc) is 3.00. The number of halogens is 3. The van der Waals surface area contributed by atoms with Crippen molar-refractivity contribution in [1.29, 1.82) is 0 Å². The van der Waals surface area contributed by atoms with Crippen LogP contribution in [0.1, 0.15) is 17.0 Å². The van der Waals surface area contributed by atoms with Crippen molar-refractivity contribution in [2.45, 2.75) is 26.6 Å². The highest BCUT2D eigenvalue weighted by atomic mass is 19.4. The van der Waals surface area contributed by atoms with E-state index < -0.39 is 11.9 Å². The van der Waals surface area contributed by atoms with Gasteiger partial charge in [0.2, 0.25) is 5.91 Å². The number of nitrogens with one attached hydrogen (secondary N) is 1. The van der Waals surface area contributed by atoms with E-state index in [-0.39, 0.29) is 18.1 Å². The summed E-state index contributed by atoms with van der Waals surface area (Å²) in [5.41, 5.74) is 0.995. The van der Waals surface area contributed by atoms with Gasteiger partial charge in [-0.2, -0.15) is 13.2 Å². The lowest BCUT2D eigenvalue weighted by atomic mass is 10.1. The minimum absolute atomic E-state index is 0.0533. The fraction of sp³-hybridized carbons (Fsp3) is 0.316. The second kappa shape index (κ2) is 7.14. The van der Waals surface area contributed by atoms with Gasteiger partial charge < -0.3 is 14.8 Å². The minimum Gasteiger partial charge on any atom is -0.347 e. The fourth-order valence-electron chi connectivity index (χ4n) is 2.93. The summed E-state index contributed by atoms with van der Waals surface area (Å²) in [4.78, 5) is 21.5. The Balaban J connectivity index is 1.98. The molecule has 148 valence electrons. The molecule has 0 aliphatic rings. The Bertz CT molecular complexity index is 1020. The van der Waals surface area contributed by atoms with Crippen molar-refractivity contribution in [2.24, 2.45) is 0 Å². The maximum atomic E-state index is 12.9. The number of carbonyl (C=O) groups is 1.